The van der Waals surface area contributed by atoms with Gasteiger partial charge in [-0.1, -0.05) is 6.07 Å². The monoisotopic (exact) mass is 291 g/mol. The molecule has 1 aromatic carbocycles. The fraction of sp³-hybridized carbons (Fsp3) is 0.467. The van der Waals surface area contributed by atoms with Crippen LogP contribution in [0.4, 0.5) is 11.4 Å². The number of hydrogen-bond acceptors (Lipinski definition) is 4. The van der Waals surface area contributed by atoms with Crippen LogP contribution in [0.1, 0.15) is 19.4 Å². The molecule has 1 saturated heterocycles. The van der Waals surface area contributed by atoms with Crippen molar-refractivity contribution >= 4 is 23.2 Å². The molecule has 0 bridgehead atoms. The summed E-state index contributed by atoms with van der Waals surface area (Å²) in [6.07, 6.45) is -0.168. The maximum atomic E-state index is 12.3. The number of ether oxygens (including phenoxy) is 1. The SMILES string of the molecule is CC(=O)Nc1cc(NC(=O)[C@H]2NCCO[C@@H]2C)ccc1C. The molecular formula is C15H21N3O3. The van der Waals surface area contributed by atoms with E-state index in [4.69, 9.17) is 4.74 Å². The van der Waals surface area contributed by atoms with E-state index in [1.165, 1.54) is 6.92 Å². The summed E-state index contributed by atoms with van der Waals surface area (Å²) in [5.74, 6) is -0.280. The molecule has 0 saturated carbocycles. The Hall–Kier alpha value is -1.92. The number of amides is 2. The Morgan fingerprint density at radius 1 is 1.33 bits per heavy atom. The fourth-order valence-corrected chi connectivity index (χ4v) is 2.27. The molecule has 1 fully saturated rings. The first-order valence-electron chi connectivity index (χ1n) is 7.01. The molecular weight excluding hydrogens is 270 g/mol. The topological polar surface area (TPSA) is 79.5 Å². The number of anilines is 2. The van der Waals surface area contributed by atoms with Crippen molar-refractivity contribution in [2.75, 3.05) is 23.8 Å². The van der Waals surface area contributed by atoms with E-state index >= 15 is 0 Å². The number of hydrogen-bond donors (Lipinski definition) is 3. The average Bonchev–Trinajstić information content (AvgIpc) is 2.42. The van der Waals surface area contributed by atoms with Crippen molar-refractivity contribution in [3.8, 4) is 0 Å². The van der Waals surface area contributed by atoms with E-state index in [1.54, 1.807) is 6.07 Å². The predicted octanol–water partition coefficient (Wildman–Crippen LogP) is 1.27. The van der Waals surface area contributed by atoms with Gasteiger partial charge in [0.25, 0.3) is 0 Å². The Morgan fingerprint density at radius 2 is 2.10 bits per heavy atom. The van der Waals surface area contributed by atoms with Crippen LogP contribution in [-0.2, 0) is 14.3 Å². The molecule has 6 heteroatoms. The lowest BCUT2D eigenvalue weighted by atomic mass is 10.1. The summed E-state index contributed by atoms with van der Waals surface area (Å²) in [6, 6.07) is 5.05. The summed E-state index contributed by atoms with van der Waals surface area (Å²) < 4.78 is 5.46. The molecule has 0 aromatic heterocycles. The highest BCUT2D eigenvalue weighted by molar-refractivity contribution is 5.97. The van der Waals surface area contributed by atoms with E-state index in [-0.39, 0.29) is 24.0 Å². The second kappa shape index (κ2) is 6.69. The Bertz CT molecular complexity index is 545. The minimum absolute atomic E-state index is 0.139. The van der Waals surface area contributed by atoms with Crippen molar-refractivity contribution in [3.63, 3.8) is 0 Å². The van der Waals surface area contributed by atoms with E-state index in [9.17, 15) is 9.59 Å². The Kier molecular flexibility index (Phi) is 4.93. The summed E-state index contributed by atoms with van der Waals surface area (Å²) in [5, 5.41) is 8.73. The zero-order chi connectivity index (χ0) is 15.4. The van der Waals surface area contributed by atoms with Crippen LogP contribution in [0.2, 0.25) is 0 Å². The van der Waals surface area contributed by atoms with Gasteiger partial charge < -0.3 is 20.7 Å². The minimum Gasteiger partial charge on any atom is -0.375 e. The van der Waals surface area contributed by atoms with Gasteiger partial charge in [0, 0.05) is 24.8 Å². The summed E-state index contributed by atoms with van der Waals surface area (Å²) in [6.45, 7) is 6.50. The fourth-order valence-electron chi connectivity index (χ4n) is 2.27. The largest absolute Gasteiger partial charge is 0.375 e. The van der Waals surface area contributed by atoms with Crippen LogP contribution in [0.15, 0.2) is 18.2 Å². The lowest BCUT2D eigenvalue weighted by Gasteiger charge is -2.29. The number of rotatable bonds is 3. The van der Waals surface area contributed by atoms with Gasteiger partial charge in [-0.25, -0.2) is 0 Å². The van der Waals surface area contributed by atoms with Crippen molar-refractivity contribution in [2.45, 2.75) is 32.9 Å². The zero-order valence-corrected chi connectivity index (χ0v) is 12.5. The molecule has 0 unspecified atom stereocenters. The maximum Gasteiger partial charge on any atom is 0.244 e. The molecule has 1 aromatic rings. The Balaban J connectivity index is 2.08. The molecule has 21 heavy (non-hydrogen) atoms. The van der Waals surface area contributed by atoms with Crippen LogP contribution in [0, 0.1) is 6.92 Å². The smallest absolute Gasteiger partial charge is 0.244 e. The molecule has 2 rings (SSSR count). The van der Waals surface area contributed by atoms with E-state index in [0.29, 0.717) is 24.5 Å². The van der Waals surface area contributed by atoms with Gasteiger partial charge in [-0.2, -0.15) is 0 Å². The second-order valence-corrected chi connectivity index (χ2v) is 5.21. The molecule has 2 atom stereocenters. The molecule has 114 valence electrons. The first kappa shape index (κ1) is 15.5. The Labute approximate surface area is 124 Å². The van der Waals surface area contributed by atoms with Gasteiger partial charge in [0.15, 0.2) is 0 Å². The molecule has 1 aliphatic heterocycles. The first-order chi connectivity index (χ1) is 9.97. The van der Waals surface area contributed by atoms with Crippen molar-refractivity contribution in [3.05, 3.63) is 23.8 Å². The van der Waals surface area contributed by atoms with Crippen molar-refractivity contribution < 1.29 is 14.3 Å². The third-order valence-electron chi connectivity index (χ3n) is 3.41. The van der Waals surface area contributed by atoms with Crippen LogP contribution in [0.25, 0.3) is 0 Å². The van der Waals surface area contributed by atoms with Gasteiger partial charge >= 0.3 is 0 Å². The number of carbonyl (C=O) groups is 2. The van der Waals surface area contributed by atoms with Crippen LogP contribution < -0.4 is 16.0 Å². The molecule has 0 aliphatic carbocycles. The number of nitrogens with one attached hydrogen (secondary N) is 3. The standard InChI is InChI=1S/C15H21N3O3/c1-9-4-5-12(8-13(9)17-11(3)19)18-15(20)14-10(2)21-7-6-16-14/h4-5,8,10,14,16H,6-7H2,1-3H3,(H,17,19)(H,18,20)/t10-,14+/m1/s1. The quantitative estimate of drug-likeness (QED) is 0.783. The number of carbonyl (C=O) groups excluding carboxylic acids is 2. The van der Waals surface area contributed by atoms with Crippen molar-refractivity contribution in [1.29, 1.82) is 0 Å². The van der Waals surface area contributed by atoms with E-state index < -0.39 is 0 Å². The van der Waals surface area contributed by atoms with Crippen LogP contribution in [-0.4, -0.2) is 37.1 Å². The second-order valence-electron chi connectivity index (χ2n) is 5.21. The summed E-state index contributed by atoms with van der Waals surface area (Å²) in [4.78, 5) is 23.4. The molecule has 6 nitrogen and oxygen atoms in total. The van der Waals surface area contributed by atoms with E-state index in [1.807, 2.05) is 26.0 Å². The molecule has 0 spiro atoms. The van der Waals surface area contributed by atoms with Crippen molar-refractivity contribution in [1.82, 2.24) is 5.32 Å². The summed E-state index contributed by atoms with van der Waals surface area (Å²) in [5.41, 5.74) is 2.28. The van der Waals surface area contributed by atoms with Crippen LogP contribution in [0.3, 0.4) is 0 Å². The van der Waals surface area contributed by atoms with E-state index in [2.05, 4.69) is 16.0 Å². The molecule has 1 heterocycles. The van der Waals surface area contributed by atoms with Gasteiger partial charge in [-0.05, 0) is 31.5 Å². The maximum absolute atomic E-state index is 12.3. The summed E-state index contributed by atoms with van der Waals surface area (Å²) >= 11 is 0. The first-order valence-corrected chi connectivity index (χ1v) is 7.01. The van der Waals surface area contributed by atoms with Gasteiger partial charge in [-0.3, -0.25) is 9.59 Å². The number of morpholine rings is 1. The van der Waals surface area contributed by atoms with Crippen molar-refractivity contribution in [2.24, 2.45) is 0 Å². The highest BCUT2D eigenvalue weighted by atomic mass is 16.5. The molecule has 1 aliphatic rings. The highest BCUT2D eigenvalue weighted by Crippen LogP contribution is 2.20. The number of aryl methyl sites for hydroxylation is 1. The minimum atomic E-state index is -0.371. The van der Waals surface area contributed by atoms with Gasteiger partial charge in [0.05, 0.1) is 12.7 Å². The lowest BCUT2D eigenvalue weighted by Crippen LogP contribution is -2.53. The summed E-state index contributed by atoms with van der Waals surface area (Å²) in [7, 11) is 0. The van der Waals surface area contributed by atoms with Gasteiger partial charge in [0.2, 0.25) is 11.8 Å². The zero-order valence-electron chi connectivity index (χ0n) is 12.5. The van der Waals surface area contributed by atoms with Crippen LogP contribution >= 0.6 is 0 Å². The van der Waals surface area contributed by atoms with Gasteiger partial charge in [0.1, 0.15) is 6.04 Å². The number of benzene rings is 1. The average molecular weight is 291 g/mol. The van der Waals surface area contributed by atoms with Crippen LogP contribution in [0.5, 0.6) is 0 Å². The molecule has 0 radical (unpaired) electrons. The van der Waals surface area contributed by atoms with E-state index in [0.717, 1.165) is 5.56 Å². The molecule has 2 amide bonds. The predicted molar refractivity (Wildman–Crippen MR) is 81.3 cm³/mol. The third kappa shape index (κ3) is 4.03. The Morgan fingerprint density at radius 3 is 2.76 bits per heavy atom. The third-order valence-corrected chi connectivity index (χ3v) is 3.41. The lowest BCUT2D eigenvalue weighted by molar-refractivity contribution is -0.123. The normalized spacial score (nSPS) is 21.7. The molecule has 3 N–H and O–H groups in total. The van der Waals surface area contributed by atoms with Gasteiger partial charge in [-0.15, -0.1) is 0 Å². The highest BCUT2D eigenvalue weighted by Gasteiger charge is 2.28.